The summed E-state index contributed by atoms with van der Waals surface area (Å²) in [5.41, 5.74) is -1.14. The van der Waals surface area contributed by atoms with Gasteiger partial charge in [0.05, 0.1) is 25.2 Å². The first-order valence-electron chi connectivity index (χ1n) is 4.80. The fraction of sp³-hybridized carbons (Fsp3) is 0.300. The molecule has 0 unspecified atom stereocenters. The molecule has 9 heteroatoms. The number of nitro groups is 1. The topological polar surface area (TPSA) is 87.9 Å². The number of halogens is 2. The van der Waals surface area contributed by atoms with Gasteiger partial charge < -0.3 is 14.2 Å². The molecule has 0 amide bonds. The van der Waals surface area contributed by atoms with Gasteiger partial charge in [-0.2, -0.15) is 8.78 Å². The molecule has 19 heavy (non-hydrogen) atoms. The maximum Gasteiger partial charge on any atom is 0.387 e. The first-order valence-corrected chi connectivity index (χ1v) is 4.80. The number of benzene rings is 1. The van der Waals surface area contributed by atoms with Gasteiger partial charge in [-0.25, -0.2) is 4.79 Å². The van der Waals surface area contributed by atoms with Crippen molar-refractivity contribution in [2.45, 2.75) is 6.61 Å². The predicted molar refractivity (Wildman–Crippen MR) is 57.6 cm³/mol. The minimum atomic E-state index is -3.17. The van der Waals surface area contributed by atoms with Crippen molar-refractivity contribution in [2.75, 3.05) is 14.2 Å². The number of methoxy groups -OCH3 is 2. The van der Waals surface area contributed by atoms with E-state index in [0.29, 0.717) is 0 Å². The molecule has 1 rings (SSSR count). The molecule has 0 radical (unpaired) electrons. The summed E-state index contributed by atoms with van der Waals surface area (Å²) in [6, 6.07) is 1.58. The first kappa shape index (κ1) is 14.6. The molecule has 7 nitrogen and oxygen atoms in total. The summed E-state index contributed by atoms with van der Waals surface area (Å²) < 4.78 is 37.5. The molecule has 0 N–H and O–H groups in total. The van der Waals surface area contributed by atoms with Crippen molar-refractivity contribution in [1.29, 1.82) is 0 Å². The summed E-state index contributed by atoms with van der Waals surface area (Å²) in [5.74, 6) is -1.84. The van der Waals surface area contributed by atoms with E-state index in [4.69, 9.17) is 4.74 Å². The number of alkyl halides is 2. The van der Waals surface area contributed by atoms with Crippen molar-refractivity contribution < 1.29 is 32.7 Å². The van der Waals surface area contributed by atoms with Crippen LogP contribution in [-0.2, 0) is 4.74 Å². The fourth-order valence-corrected chi connectivity index (χ4v) is 1.32. The number of carbonyl (C=O) groups excluding carboxylic acids is 1. The average molecular weight is 277 g/mol. The number of carbonyl (C=O) groups is 1. The van der Waals surface area contributed by atoms with E-state index in [0.717, 1.165) is 26.4 Å². The lowest BCUT2D eigenvalue weighted by atomic mass is 10.1. The van der Waals surface area contributed by atoms with Crippen molar-refractivity contribution in [3.63, 3.8) is 0 Å². The lowest BCUT2D eigenvalue weighted by molar-refractivity contribution is -0.385. The number of esters is 1. The highest BCUT2D eigenvalue weighted by molar-refractivity contribution is 5.94. The molecular weight excluding hydrogens is 268 g/mol. The van der Waals surface area contributed by atoms with Crippen LogP contribution >= 0.6 is 0 Å². The number of hydrogen-bond donors (Lipinski definition) is 0. The summed E-state index contributed by atoms with van der Waals surface area (Å²) in [5, 5.41) is 10.8. The number of hydrogen-bond acceptors (Lipinski definition) is 6. The van der Waals surface area contributed by atoms with Gasteiger partial charge in [0.15, 0.2) is 11.5 Å². The van der Waals surface area contributed by atoms with E-state index in [2.05, 4.69) is 9.47 Å². The number of nitro benzene ring substituents is 1. The Labute approximate surface area is 105 Å². The Morgan fingerprint density at radius 1 is 1.32 bits per heavy atom. The van der Waals surface area contributed by atoms with E-state index in [-0.39, 0.29) is 5.75 Å². The molecule has 0 atom stereocenters. The molecule has 0 aliphatic rings. The third kappa shape index (κ3) is 3.27. The Morgan fingerprint density at radius 2 is 1.95 bits per heavy atom. The van der Waals surface area contributed by atoms with Crippen LogP contribution in [0, 0.1) is 10.1 Å². The van der Waals surface area contributed by atoms with Crippen molar-refractivity contribution in [3.05, 3.63) is 27.8 Å². The normalized spacial score (nSPS) is 10.2. The minimum Gasteiger partial charge on any atom is -0.493 e. The van der Waals surface area contributed by atoms with Gasteiger partial charge in [0.25, 0.3) is 5.69 Å². The Balaban J connectivity index is 3.42. The molecule has 0 aliphatic heterocycles. The van der Waals surface area contributed by atoms with Crippen LogP contribution in [-0.4, -0.2) is 31.7 Å². The SMILES string of the molecule is COC(=O)c1cc(OC(F)F)c(OC)cc1[N+](=O)[O-]. The van der Waals surface area contributed by atoms with Crippen LogP contribution in [0.15, 0.2) is 12.1 Å². The Morgan fingerprint density at radius 3 is 2.37 bits per heavy atom. The summed E-state index contributed by atoms with van der Waals surface area (Å²) in [6.45, 7) is -3.17. The molecule has 0 aromatic heterocycles. The number of nitrogens with zero attached hydrogens (tertiary/aromatic N) is 1. The third-order valence-corrected chi connectivity index (χ3v) is 2.10. The predicted octanol–water partition coefficient (Wildman–Crippen LogP) is 1.99. The third-order valence-electron chi connectivity index (χ3n) is 2.10. The molecule has 0 spiro atoms. The quantitative estimate of drug-likeness (QED) is 0.464. The average Bonchev–Trinajstić information content (AvgIpc) is 2.36. The zero-order valence-electron chi connectivity index (χ0n) is 9.88. The van der Waals surface area contributed by atoms with Crippen molar-refractivity contribution in [3.8, 4) is 11.5 Å². The van der Waals surface area contributed by atoms with E-state index >= 15 is 0 Å². The molecule has 0 heterocycles. The fourth-order valence-electron chi connectivity index (χ4n) is 1.32. The molecule has 104 valence electrons. The molecule has 0 saturated heterocycles. The second-order valence-corrected chi connectivity index (χ2v) is 3.15. The summed E-state index contributed by atoms with van der Waals surface area (Å²) >= 11 is 0. The Bertz CT molecular complexity index is 505. The van der Waals surface area contributed by atoms with Crippen molar-refractivity contribution >= 4 is 11.7 Å². The van der Waals surface area contributed by atoms with E-state index in [1.807, 2.05) is 0 Å². The molecule has 0 bridgehead atoms. The van der Waals surface area contributed by atoms with Gasteiger partial charge in [-0.15, -0.1) is 0 Å². The Hall–Kier alpha value is -2.45. The molecule has 0 fully saturated rings. The maximum atomic E-state index is 12.2. The zero-order chi connectivity index (χ0) is 14.6. The van der Waals surface area contributed by atoms with Crippen LogP contribution in [0.5, 0.6) is 11.5 Å². The highest BCUT2D eigenvalue weighted by atomic mass is 19.3. The maximum absolute atomic E-state index is 12.2. The zero-order valence-corrected chi connectivity index (χ0v) is 9.88. The molecule has 0 aliphatic carbocycles. The van der Waals surface area contributed by atoms with Crippen LogP contribution in [0.4, 0.5) is 14.5 Å². The second-order valence-electron chi connectivity index (χ2n) is 3.15. The van der Waals surface area contributed by atoms with E-state index in [1.165, 1.54) is 0 Å². The van der Waals surface area contributed by atoms with Crippen molar-refractivity contribution in [2.24, 2.45) is 0 Å². The second kappa shape index (κ2) is 5.94. The van der Waals surface area contributed by atoms with Crippen LogP contribution in [0.1, 0.15) is 10.4 Å². The van der Waals surface area contributed by atoms with E-state index in [9.17, 15) is 23.7 Å². The van der Waals surface area contributed by atoms with E-state index in [1.54, 1.807) is 0 Å². The summed E-state index contributed by atoms with van der Waals surface area (Å²) in [7, 11) is 2.12. The van der Waals surface area contributed by atoms with Crippen LogP contribution in [0.25, 0.3) is 0 Å². The largest absolute Gasteiger partial charge is 0.493 e. The van der Waals surface area contributed by atoms with Gasteiger partial charge in [0.1, 0.15) is 5.56 Å². The Kier molecular flexibility index (Phi) is 4.56. The van der Waals surface area contributed by atoms with Gasteiger partial charge in [-0.1, -0.05) is 0 Å². The number of ether oxygens (including phenoxy) is 3. The van der Waals surface area contributed by atoms with E-state index < -0.39 is 34.5 Å². The van der Waals surface area contributed by atoms with Gasteiger partial charge in [-0.3, -0.25) is 10.1 Å². The van der Waals surface area contributed by atoms with Crippen LogP contribution in [0.2, 0.25) is 0 Å². The van der Waals surface area contributed by atoms with Gasteiger partial charge in [0, 0.05) is 6.07 Å². The molecule has 1 aromatic rings. The molecular formula is C10H9F2NO6. The summed E-state index contributed by atoms with van der Waals surface area (Å²) in [4.78, 5) is 21.3. The number of rotatable bonds is 5. The first-order chi connectivity index (χ1) is 8.90. The lowest BCUT2D eigenvalue weighted by Crippen LogP contribution is -2.09. The summed E-state index contributed by atoms with van der Waals surface area (Å²) in [6.07, 6.45) is 0. The highest BCUT2D eigenvalue weighted by Crippen LogP contribution is 2.35. The van der Waals surface area contributed by atoms with Crippen LogP contribution in [0.3, 0.4) is 0 Å². The minimum absolute atomic E-state index is 0.292. The standard InChI is InChI=1S/C10H9F2NO6/c1-17-7-4-6(13(15)16)5(9(14)18-2)3-8(7)19-10(11)12/h3-4,10H,1-2H3. The van der Waals surface area contributed by atoms with Gasteiger partial charge in [-0.05, 0) is 0 Å². The lowest BCUT2D eigenvalue weighted by Gasteiger charge is -2.11. The van der Waals surface area contributed by atoms with Gasteiger partial charge >= 0.3 is 12.6 Å². The smallest absolute Gasteiger partial charge is 0.387 e. The monoisotopic (exact) mass is 277 g/mol. The van der Waals surface area contributed by atoms with Crippen LogP contribution < -0.4 is 9.47 Å². The van der Waals surface area contributed by atoms with Crippen molar-refractivity contribution in [1.82, 2.24) is 0 Å². The highest BCUT2D eigenvalue weighted by Gasteiger charge is 2.26. The molecule has 0 saturated carbocycles. The molecule has 1 aromatic carbocycles. The van der Waals surface area contributed by atoms with Gasteiger partial charge in [0.2, 0.25) is 0 Å².